The van der Waals surface area contributed by atoms with Gasteiger partial charge in [0.25, 0.3) is 5.91 Å². The SMILES string of the molecule is O=C(NC[C@H]1COC2(CCCCC2)O1)c1cc2ccccc2oc1=O. The number of nitrogens with one attached hydrogen (secondary N) is 1. The molecule has 1 amide bonds. The maximum atomic E-state index is 12.4. The van der Waals surface area contributed by atoms with Gasteiger partial charge in [0.1, 0.15) is 17.3 Å². The molecule has 1 N–H and O–H groups in total. The summed E-state index contributed by atoms with van der Waals surface area (Å²) in [6.45, 7) is 0.777. The molecule has 2 aliphatic rings. The lowest BCUT2D eigenvalue weighted by molar-refractivity contribution is -0.186. The molecule has 6 heteroatoms. The van der Waals surface area contributed by atoms with Gasteiger partial charge in [0, 0.05) is 24.8 Å². The van der Waals surface area contributed by atoms with Crippen LogP contribution in [0.2, 0.25) is 0 Å². The first kappa shape index (κ1) is 16.3. The van der Waals surface area contributed by atoms with Crippen LogP contribution in [0.1, 0.15) is 42.5 Å². The summed E-state index contributed by atoms with van der Waals surface area (Å²) in [6, 6.07) is 8.67. The van der Waals surface area contributed by atoms with Crippen LogP contribution in [0.25, 0.3) is 11.0 Å². The first-order valence-corrected chi connectivity index (χ1v) is 8.78. The smallest absolute Gasteiger partial charge is 0.349 e. The van der Waals surface area contributed by atoms with E-state index in [4.69, 9.17) is 13.9 Å². The van der Waals surface area contributed by atoms with Gasteiger partial charge in [0.15, 0.2) is 5.79 Å². The van der Waals surface area contributed by atoms with E-state index in [1.807, 2.05) is 6.07 Å². The van der Waals surface area contributed by atoms with Crippen LogP contribution in [0.5, 0.6) is 0 Å². The predicted molar refractivity (Wildman–Crippen MR) is 91.5 cm³/mol. The molecule has 2 aromatic rings. The fraction of sp³-hybridized carbons (Fsp3) is 0.474. The lowest BCUT2D eigenvalue weighted by Gasteiger charge is -2.31. The topological polar surface area (TPSA) is 77.8 Å². The predicted octanol–water partition coefficient (Wildman–Crippen LogP) is 2.60. The van der Waals surface area contributed by atoms with Gasteiger partial charge in [0.05, 0.1) is 6.61 Å². The van der Waals surface area contributed by atoms with Crippen LogP contribution in [0.3, 0.4) is 0 Å². The molecule has 1 aromatic carbocycles. The molecule has 2 fully saturated rings. The fourth-order valence-corrected chi connectivity index (χ4v) is 3.59. The van der Waals surface area contributed by atoms with Crippen LogP contribution in [-0.4, -0.2) is 30.9 Å². The molecule has 1 saturated carbocycles. The van der Waals surface area contributed by atoms with Crippen LogP contribution in [-0.2, 0) is 9.47 Å². The molecule has 6 nitrogen and oxygen atoms in total. The van der Waals surface area contributed by atoms with Gasteiger partial charge in [-0.2, -0.15) is 0 Å². The van der Waals surface area contributed by atoms with Crippen LogP contribution in [0, 0.1) is 0 Å². The molecule has 1 aromatic heterocycles. The zero-order valence-electron chi connectivity index (χ0n) is 14.0. The van der Waals surface area contributed by atoms with Crippen LogP contribution >= 0.6 is 0 Å². The summed E-state index contributed by atoms with van der Waals surface area (Å²) in [6.07, 6.45) is 5.06. The maximum Gasteiger partial charge on any atom is 0.349 e. The minimum absolute atomic E-state index is 0.00462. The Morgan fingerprint density at radius 1 is 1.20 bits per heavy atom. The van der Waals surface area contributed by atoms with E-state index in [9.17, 15) is 9.59 Å². The Kier molecular flexibility index (Phi) is 4.31. The normalized spacial score (nSPS) is 22.3. The number of amides is 1. The van der Waals surface area contributed by atoms with Crippen molar-refractivity contribution in [3.8, 4) is 0 Å². The number of hydrogen-bond donors (Lipinski definition) is 1. The second-order valence-corrected chi connectivity index (χ2v) is 6.72. The summed E-state index contributed by atoms with van der Waals surface area (Å²) < 4.78 is 17.1. The number of benzene rings is 1. The van der Waals surface area contributed by atoms with Gasteiger partial charge >= 0.3 is 5.63 Å². The van der Waals surface area contributed by atoms with Crippen molar-refractivity contribution < 1.29 is 18.7 Å². The highest BCUT2D eigenvalue weighted by molar-refractivity contribution is 5.96. The molecular formula is C19H21NO5. The zero-order valence-corrected chi connectivity index (χ0v) is 14.0. The molecular weight excluding hydrogens is 322 g/mol. The second-order valence-electron chi connectivity index (χ2n) is 6.72. The second kappa shape index (κ2) is 6.61. The van der Waals surface area contributed by atoms with E-state index in [-0.39, 0.29) is 11.7 Å². The van der Waals surface area contributed by atoms with E-state index in [1.165, 1.54) is 6.42 Å². The third kappa shape index (κ3) is 3.32. The number of hydrogen-bond acceptors (Lipinski definition) is 5. The van der Waals surface area contributed by atoms with Crippen LogP contribution in [0.15, 0.2) is 39.5 Å². The number of carbonyl (C=O) groups excluding carboxylic acids is 1. The molecule has 0 radical (unpaired) electrons. The van der Waals surface area contributed by atoms with Gasteiger partial charge in [-0.25, -0.2) is 4.79 Å². The van der Waals surface area contributed by atoms with Crippen molar-refractivity contribution in [2.45, 2.75) is 44.0 Å². The van der Waals surface area contributed by atoms with Crippen molar-refractivity contribution in [1.29, 1.82) is 0 Å². The number of para-hydroxylation sites is 1. The third-order valence-corrected chi connectivity index (χ3v) is 4.91. The quantitative estimate of drug-likeness (QED) is 0.867. The Hall–Kier alpha value is -2.18. The summed E-state index contributed by atoms with van der Waals surface area (Å²) in [5, 5.41) is 3.48. The minimum atomic E-state index is -0.636. The highest BCUT2D eigenvalue weighted by Crippen LogP contribution is 2.37. The van der Waals surface area contributed by atoms with Crippen molar-refractivity contribution in [2.75, 3.05) is 13.2 Å². The average molecular weight is 343 g/mol. The molecule has 25 heavy (non-hydrogen) atoms. The van der Waals surface area contributed by atoms with Crippen molar-refractivity contribution in [1.82, 2.24) is 5.32 Å². The minimum Gasteiger partial charge on any atom is -0.422 e. The molecule has 1 aliphatic carbocycles. The zero-order chi connectivity index (χ0) is 17.3. The average Bonchev–Trinajstić information content (AvgIpc) is 3.02. The maximum absolute atomic E-state index is 12.4. The number of carbonyl (C=O) groups is 1. The molecule has 2 heterocycles. The van der Waals surface area contributed by atoms with Crippen LogP contribution in [0.4, 0.5) is 0 Å². The Labute approximate surface area is 145 Å². The molecule has 1 spiro atoms. The summed E-state index contributed by atoms with van der Waals surface area (Å²) in [5.41, 5.74) is -0.163. The van der Waals surface area contributed by atoms with E-state index in [0.29, 0.717) is 24.1 Å². The summed E-state index contributed by atoms with van der Waals surface area (Å²) >= 11 is 0. The van der Waals surface area contributed by atoms with E-state index in [2.05, 4.69) is 5.32 Å². The molecule has 132 valence electrons. The largest absolute Gasteiger partial charge is 0.422 e. The van der Waals surface area contributed by atoms with E-state index in [1.54, 1.807) is 24.3 Å². The lowest BCUT2D eigenvalue weighted by atomic mass is 9.94. The molecule has 0 bridgehead atoms. The van der Waals surface area contributed by atoms with Gasteiger partial charge in [-0.3, -0.25) is 4.79 Å². The van der Waals surface area contributed by atoms with Crippen LogP contribution < -0.4 is 10.9 Å². The first-order chi connectivity index (χ1) is 12.2. The van der Waals surface area contributed by atoms with Gasteiger partial charge < -0.3 is 19.2 Å². The standard InChI is InChI=1S/C19H21NO5/c21-17(15-10-13-6-2-3-7-16(13)24-18(15)22)20-11-14-12-23-19(25-14)8-4-1-5-9-19/h2-3,6-7,10,14H,1,4-5,8-9,11-12H2,(H,20,21)/t14-/m0/s1. The number of ether oxygens (including phenoxy) is 2. The molecule has 4 rings (SSSR count). The Morgan fingerprint density at radius 3 is 2.84 bits per heavy atom. The Bertz CT molecular complexity index is 837. The highest BCUT2D eigenvalue weighted by atomic mass is 16.7. The van der Waals surface area contributed by atoms with E-state index in [0.717, 1.165) is 25.7 Å². The van der Waals surface area contributed by atoms with Gasteiger partial charge in [-0.1, -0.05) is 24.6 Å². The number of rotatable bonds is 3. The lowest BCUT2D eigenvalue weighted by Crippen LogP contribution is -2.38. The van der Waals surface area contributed by atoms with Crippen molar-refractivity contribution in [2.24, 2.45) is 0 Å². The van der Waals surface area contributed by atoms with Crippen molar-refractivity contribution in [3.63, 3.8) is 0 Å². The summed E-state index contributed by atoms with van der Waals surface area (Å²) in [7, 11) is 0. The molecule has 1 saturated heterocycles. The fourth-order valence-electron chi connectivity index (χ4n) is 3.59. The molecule has 1 atom stereocenters. The van der Waals surface area contributed by atoms with Crippen molar-refractivity contribution in [3.05, 3.63) is 46.3 Å². The summed E-state index contributed by atoms with van der Waals surface area (Å²) in [5.74, 6) is -0.914. The Morgan fingerprint density at radius 2 is 2.00 bits per heavy atom. The van der Waals surface area contributed by atoms with Gasteiger partial charge in [-0.15, -0.1) is 0 Å². The van der Waals surface area contributed by atoms with Gasteiger partial charge in [-0.05, 0) is 25.0 Å². The van der Waals surface area contributed by atoms with E-state index >= 15 is 0 Å². The van der Waals surface area contributed by atoms with E-state index < -0.39 is 17.3 Å². The summed E-state index contributed by atoms with van der Waals surface area (Å²) in [4.78, 5) is 24.4. The highest BCUT2D eigenvalue weighted by Gasteiger charge is 2.42. The molecule has 0 unspecified atom stereocenters. The first-order valence-electron chi connectivity index (χ1n) is 8.78. The monoisotopic (exact) mass is 343 g/mol. The Balaban J connectivity index is 1.41. The van der Waals surface area contributed by atoms with Crippen molar-refractivity contribution >= 4 is 16.9 Å². The third-order valence-electron chi connectivity index (χ3n) is 4.91. The number of fused-ring (bicyclic) bond motifs is 1. The molecule has 1 aliphatic heterocycles. The van der Waals surface area contributed by atoms with Gasteiger partial charge in [0.2, 0.25) is 0 Å².